The number of hydrogen-bond donors (Lipinski definition) is 1. The van der Waals surface area contributed by atoms with E-state index < -0.39 is 11.2 Å². The van der Waals surface area contributed by atoms with Gasteiger partial charge in [0.25, 0.3) is 5.56 Å². The van der Waals surface area contributed by atoms with Gasteiger partial charge in [-0.1, -0.05) is 39.0 Å². The number of hydrogen-bond acceptors (Lipinski definition) is 3. The molecule has 3 aromatic rings. The molecule has 120 valence electrons. The standard InChI is InChI=1S/C17H20N4O2/c1-11-18-14-13(20(11)10-17(2,3)4)15(22)19-16(23)21(14)12-8-6-5-7-9-12/h5-9H,10H2,1-4H3,(H,19,22,23). The van der Waals surface area contributed by atoms with Crippen molar-refractivity contribution in [3.05, 3.63) is 57.0 Å². The van der Waals surface area contributed by atoms with E-state index in [2.05, 4.69) is 30.7 Å². The van der Waals surface area contributed by atoms with Crippen molar-refractivity contribution in [3.8, 4) is 5.69 Å². The fourth-order valence-electron chi connectivity index (χ4n) is 2.72. The van der Waals surface area contributed by atoms with E-state index in [0.29, 0.717) is 23.4 Å². The van der Waals surface area contributed by atoms with Crippen molar-refractivity contribution in [3.63, 3.8) is 0 Å². The molecule has 6 nitrogen and oxygen atoms in total. The quantitative estimate of drug-likeness (QED) is 0.788. The molecule has 0 saturated carbocycles. The fraction of sp³-hybridized carbons (Fsp3) is 0.353. The largest absolute Gasteiger partial charge is 0.334 e. The third-order valence-corrected chi connectivity index (χ3v) is 3.64. The smallest absolute Gasteiger partial charge is 0.322 e. The van der Waals surface area contributed by atoms with E-state index in [-0.39, 0.29) is 5.41 Å². The van der Waals surface area contributed by atoms with Crippen LogP contribution in [0.5, 0.6) is 0 Å². The maximum atomic E-state index is 12.4. The molecule has 2 heterocycles. The van der Waals surface area contributed by atoms with Gasteiger partial charge in [0.1, 0.15) is 5.82 Å². The zero-order valence-electron chi connectivity index (χ0n) is 13.8. The van der Waals surface area contributed by atoms with E-state index >= 15 is 0 Å². The highest BCUT2D eigenvalue weighted by molar-refractivity contribution is 5.73. The maximum Gasteiger partial charge on any atom is 0.334 e. The first kappa shape index (κ1) is 15.3. The molecule has 0 aliphatic carbocycles. The van der Waals surface area contributed by atoms with Gasteiger partial charge in [0.05, 0.1) is 5.69 Å². The monoisotopic (exact) mass is 312 g/mol. The van der Waals surface area contributed by atoms with E-state index in [0.717, 1.165) is 5.82 Å². The van der Waals surface area contributed by atoms with Crippen LogP contribution < -0.4 is 11.2 Å². The number of aryl methyl sites for hydroxylation is 1. The van der Waals surface area contributed by atoms with Gasteiger partial charge in [-0.05, 0) is 24.5 Å². The summed E-state index contributed by atoms with van der Waals surface area (Å²) in [5.41, 5.74) is 0.612. The molecule has 0 atom stereocenters. The van der Waals surface area contributed by atoms with Gasteiger partial charge in [-0.25, -0.2) is 14.3 Å². The Morgan fingerprint density at radius 2 is 1.78 bits per heavy atom. The summed E-state index contributed by atoms with van der Waals surface area (Å²) in [4.78, 5) is 31.6. The molecule has 0 saturated heterocycles. The van der Waals surface area contributed by atoms with Crippen LogP contribution in [0.4, 0.5) is 0 Å². The fourth-order valence-corrected chi connectivity index (χ4v) is 2.72. The predicted octanol–water partition coefficient (Wildman–Crippen LogP) is 2.23. The van der Waals surface area contributed by atoms with Crippen LogP contribution in [-0.2, 0) is 6.54 Å². The molecule has 1 N–H and O–H groups in total. The molecule has 0 spiro atoms. The lowest BCUT2D eigenvalue weighted by atomic mass is 9.97. The normalized spacial score (nSPS) is 12.0. The van der Waals surface area contributed by atoms with Gasteiger partial charge in [0.2, 0.25) is 0 Å². The Kier molecular flexibility index (Phi) is 3.47. The minimum absolute atomic E-state index is 0.0153. The second-order valence-corrected chi connectivity index (χ2v) is 6.91. The molecule has 0 fully saturated rings. The summed E-state index contributed by atoms with van der Waals surface area (Å²) in [6.07, 6.45) is 0. The number of fused-ring (bicyclic) bond motifs is 1. The molecule has 3 rings (SSSR count). The third-order valence-electron chi connectivity index (χ3n) is 3.64. The average molecular weight is 312 g/mol. The minimum atomic E-state index is -0.478. The van der Waals surface area contributed by atoms with Crippen LogP contribution in [-0.4, -0.2) is 19.1 Å². The lowest BCUT2D eigenvalue weighted by Gasteiger charge is -2.20. The number of nitrogens with one attached hydrogen (secondary N) is 1. The Morgan fingerprint density at radius 3 is 2.39 bits per heavy atom. The Balaban J connectivity index is 2.39. The van der Waals surface area contributed by atoms with Crippen molar-refractivity contribution < 1.29 is 0 Å². The van der Waals surface area contributed by atoms with Gasteiger partial charge >= 0.3 is 5.69 Å². The zero-order valence-corrected chi connectivity index (χ0v) is 13.8. The maximum absolute atomic E-state index is 12.4. The highest BCUT2D eigenvalue weighted by atomic mass is 16.2. The second-order valence-electron chi connectivity index (χ2n) is 6.91. The van der Waals surface area contributed by atoms with E-state index in [1.165, 1.54) is 4.57 Å². The van der Waals surface area contributed by atoms with Crippen LogP contribution >= 0.6 is 0 Å². The molecule has 1 aromatic carbocycles. The van der Waals surface area contributed by atoms with Crippen molar-refractivity contribution in [1.82, 2.24) is 19.1 Å². The first-order chi connectivity index (χ1) is 10.8. The summed E-state index contributed by atoms with van der Waals surface area (Å²) in [6.45, 7) is 8.79. The van der Waals surface area contributed by atoms with Crippen LogP contribution in [0.1, 0.15) is 26.6 Å². The van der Waals surface area contributed by atoms with Crippen LogP contribution in [0.3, 0.4) is 0 Å². The summed E-state index contributed by atoms with van der Waals surface area (Å²) in [6, 6.07) is 9.20. The SMILES string of the molecule is Cc1nc2c(c(=O)[nH]c(=O)n2-c2ccccc2)n1CC(C)(C)C. The first-order valence-electron chi connectivity index (χ1n) is 7.55. The van der Waals surface area contributed by atoms with Gasteiger partial charge in [-0.2, -0.15) is 0 Å². The minimum Gasteiger partial charge on any atom is -0.322 e. The van der Waals surface area contributed by atoms with Crippen LogP contribution in [0, 0.1) is 12.3 Å². The van der Waals surface area contributed by atoms with Crippen molar-refractivity contribution in [2.24, 2.45) is 5.41 Å². The molecule has 0 bridgehead atoms. The van der Waals surface area contributed by atoms with Crippen molar-refractivity contribution in [1.29, 1.82) is 0 Å². The molecule has 0 radical (unpaired) electrons. The van der Waals surface area contributed by atoms with Crippen LogP contribution in [0.15, 0.2) is 39.9 Å². The first-order valence-corrected chi connectivity index (χ1v) is 7.55. The number of aromatic amines is 1. The Morgan fingerprint density at radius 1 is 1.13 bits per heavy atom. The van der Waals surface area contributed by atoms with Crippen molar-refractivity contribution >= 4 is 11.2 Å². The van der Waals surface area contributed by atoms with Gasteiger partial charge in [-0.3, -0.25) is 9.78 Å². The van der Waals surface area contributed by atoms with Gasteiger partial charge in [0.15, 0.2) is 11.2 Å². The highest BCUT2D eigenvalue weighted by Crippen LogP contribution is 2.21. The van der Waals surface area contributed by atoms with E-state index in [9.17, 15) is 9.59 Å². The summed E-state index contributed by atoms with van der Waals surface area (Å²) < 4.78 is 3.33. The van der Waals surface area contributed by atoms with E-state index in [1.807, 2.05) is 41.8 Å². The lowest BCUT2D eigenvalue weighted by Crippen LogP contribution is -2.30. The topological polar surface area (TPSA) is 72.7 Å². The lowest BCUT2D eigenvalue weighted by molar-refractivity contribution is 0.344. The number of imidazole rings is 1. The molecule has 0 amide bonds. The predicted molar refractivity (Wildman–Crippen MR) is 90.1 cm³/mol. The number of rotatable bonds is 2. The molecular weight excluding hydrogens is 292 g/mol. The molecule has 23 heavy (non-hydrogen) atoms. The van der Waals surface area contributed by atoms with Crippen LogP contribution in [0.25, 0.3) is 16.9 Å². The van der Waals surface area contributed by atoms with Gasteiger partial charge in [0, 0.05) is 6.54 Å². The number of para-hydroxylation sites is 1. The van der Waals surface area contributed by atoms with Crippen molar-refractivity contribution in [2.75, 3.05) is 0 Å². The van der Waals surface area contributed by atoms with Gasteiger partial charge in [-0.15, -0.1) is 0 Å². The van der Waals surface area contributed by atoms with Crippen LogP contribution in [0.2, 0.25) is 0 Å². The Labute approximate surface area is 133 Å². The number of benzene rings is 1. The number of nitrogens with zero attached hydrogens (tertiary/aromatic N) is 3. The zero-order chi connectivity index (χ0) is 16.8. The third kappa shape index (κ3) is 2.72. The second kappa shape index (κ2) is 5.22. The number of H-pyrrole nitrogens is 1. The Hall–Kier alpha value is -2.63. The Bertz CT molecular complexity index is 972. The molecule has 2 aromatic heterocycles. The van der Waals surface area contributed by atoms with E-state index in [1.54, 1.807) is 0 Å². The van der Waals surface area contributed by atoms with E-state index in [4.69, 9.17) is 0 Å². The number of aromatic nitrogens is 4. The summed E-state index contributed by atoms with van der Waals surface area (Å²) in [7, 11) is 0. The summed E-state index contributed by atoms with van der Waals surface area (Å²) in [5, 5.41) is 0. The molecular formula is C17H20N4O2. The highest BCUT2D eigenvalue weighted by Gasteiger charge is 2.21. The molecule has 6 heteroatoms. The summed E-state index contributed by atoms with van der Waals surface area (Å²) >= 11 is 0. The van der Waals surface area contributed by atoms with Gasteiger partial charge < -0.3 is 4.57 Å². The van der Waals surface area contributed by atoms with Crippen molar-refractivity contribution in [2.45, 2.75) is 34.2 Å². The molecule has 0 aliphatic rings. The molecule has 0 aliphatic heterocycles. The average Bonchev–Trinajstić information content (AvgIpc) is 2.75. The molecule has 0 unspecified atom stereocenters. The summed E-state index contributed by atoms with van der Waals surface area (Å²) in [5.74, 6) is 0.718.